The topological polar surface area (TPSA) is 89.4 Å². The van der Waals surface area contributed by atoms with E-state index in [9.17, 15) is 14.0 Å². The first-order valence-corrected chi connectivity index (χ1v) is 6.50. The summed E-state index contributed by atoms with van der Waals surface area (Å²) in [6.07, 6.45) is 1.61. The third kappa shape index (κ3) is 3.94. The minimum absolute atomic E-state index is 0.128. The predicted octanol–water partition coefficient (Wildman–Crippen LogP) is 1.44. The summed E-state index contributed by atoms with van der Waals surface area (Å²) in [7, 11) is 0. The molecule has 1 aromatic carbocycles. The maximum absolute atomic E-state index is 13.6. The molecule has 0 atom stereocenters. The molecule has 0 aliphatic carbocycles. The van der Waals surface area contributed by atoms with Crippen LogP contribution < -0.4 is 11.5 Å². The summed E-state index contributed by atoms with van der Waals surface area (Å²) < 4.78 is 13.6. The Labute approximate surface area is 117 Å². The zero-order valence-corrected chi connectivity index (χ0v) is 11.8. The molecule has 0 saturated carbocycles. The number of carbonyl (C=O) groups excluding carboxylic acids is 2. The van der Waals surface area contributed by atoms with Crippen molar-refractivity contribution in [3.05, 3.63) is 29.1 Å². The molecule has 2 amide bonds. The van der Waals surface area contributed by atoms with Crippen LogP contribution in [0.2, 0.25) is 0 Å². The van der Waals surface area contributed by atoms with Crippen molar-refractivity contribution in [3.63, 3.8) is 0 Å². The first-order valence-electron chi connectivity index (χ1n) is 6.50. The van der Waals surface area contributed by atoms with Crippen molar-refractivity contribution in [1.82, 2.24) is 4.90 Å². The van der Waals surface area contributed by atoms with Crippen LogP contribution in [0.3, 0.4) is 0 Å². The molecular formula is C14H20FN3O2. The highest BCUT2D eigenvalue weighted by Gasteiger charge is 2.19. The van der Waals surface area contributed by atoms with Crippen LogP contribution in [0.4, 0.5) is 10.1 Å². The number of anilines is 1. The smallest absolute Gasteiger partial charge is 0.254 e. The highest BCUT2D eigenvalue weighted by Crippen LogP contribution is 2.19. The van der Waals surface area contributed by atoms with Crippen molar-refractivity contribution in [3.8, 4) is 0 Å². The van der Waals surface area contributed by atoms with Crippen LogP contribution in [-0.4, -0.2) is 29.8 Å². The van der Waals surface area contributed by atoms with E-state index in [0.29, 0.717) is 12.1 Å². The summed E-state index contributed by atoms with van der Waals surface area (Å²) in [4.78, 5) is 24.6. The fourth-order valence-corrected chi connectivity index (χ4v) is 1.80. The third-order valence-electron chi connectivity index (χ3n) is 3.05. The van der Waals surface area contributed by atoms with Crippen LogP contribution in [0.5, 0.6) is 0 Å². The van der Waals surface area contributed by atoms with E-state index in [-0.39, 0.29) is 17.8 Å². The molecule has 5 nitrogen and oxygen atoms in total. The lowest BCUT2D eigenvalue weighted by molar-refractivity contribution is -0.118. The summed E-state index contributed by atoms with van der Waals surface area (Å²) >= 11 is 0. The predicted molar refractivity (Wildman–Crippen MR) is 75.6 cm³/mol. The second-order valence-electron chi connectivity index (χ2n) is 4.72. The molecule has 0 aromatic heterocycles. The van der Waals surface area contributed by atoms with Gasteiger partial charge in [0.1, 0.15) is 5.82 Å². The number of hydrogen-bond acceptors (Lipinski definition) is 3. The Morgan fingerprint density at radius 2 is 2.00 bits per heavy atom. The van der Waals surface area contributed by atoms with Crippen molar-refractivity contribution in [2.45, 2.75) is 26.7 Å². The molecule has 110 valence electrons. The number of nitrogens with two attached hydrogens (primary N) is 2. The normalized spacial score (nSPS) is 10.3. The van der Waals surface area contributed by atoms with Crippen molar-refractivity contribution in [1.29, 1.82) is 0 Å². The molecule has 6 heteroatoms. The molecule has 0 fully saturated rings. The number of amides is 2. The van der Waals surface area contributed by atoms with Crippen molar-refractivity contribution >= 4 is 17.5 Å². The summed E-state index contributed by atoms with van der Waals surface area (Å²) in [6.45, 7) is 3.72. The van der Waals surface area contributed by atoms with E-state index in [1.54, 1.807) is 0 Å². The van der Waals surface area contributed by atoms with Gasteiger partial charge in [-0.2, -0.15) is 0 Å². The van der Waals surface area contributed by atoms with E-state index in [0.717, 1.165) is 18.9 Å². The molecule has 0 saturated heterocycles. The SMILES string of the molecule is CCCCN(CC(N)=O)C(=O)c1cc(N)c(C)c(F)c1. The van der Waals surface area contributed by atoms with Gasteiger partial charge in [-0.05, 0) is 25.5 Å². The van der Waals surface area contributed by atoms with Gasteiger partial charge in [0.25, 0.3) is 5.91 Å². The maximum Gasteiger partial charge on any atom is 0.254 e. The van der Waals surface area contributed by atoms with E-state index in [2.05, 4.69) is 0 Å². The van der Waals surface area contributed by atoms with Crippen LogP contribution in [-0.2, 0) is 4.79 Å². The van der Waals surface area contributed by atoms with Gasteiger partial charge in [0.15, 0.2) is 0 Å². The monoisotopic (exact) mass is 281 g/mol. The van der Waals surface area contributed by atoms with Crippen molar-refractivity contribution in [2.75, 3.05) is 18.8 Å². The quantitative estimate of drug-likeness (QED) is 0.773. The van der Waals surface area contributed by atoms with E-state index >= 15 is 0 Å². The largest absolute Gasteiger partial charge is 0.398 e. The van der Waals surface area contributed by atoms with Gasteiger partial charge in [-0.1, -0.05) is 13.3 Å². The number of nitrogen functional groups attached to an aromatic ring is 1. The fourth-order valence-electron chi connectivity index (χ4n) is 1.80. The van der Waals surface area contributed by atoms with E-state index < -0.39 is 17.6 Å². The van der Waals surface area contributed by atoms with Gasteiger partial charge in [0.05, 0.1) is 6.54 Å². The fraction of sp³-hybridized carbons (Fsp3) is 0.429. The second-order valence-corrected chi connectivity index (χ2v) is 4.72. The van der Waals surface area contributed by atoms with E-state index in [1.807, 2.05) is 6.92 Å². The number of hydrogen-bond donors (Lipinski definition) is 2. The van der Waals surface area contributed by atoms with Crippen LogP contribution >= 0.6 is 0 Å². The molecule has 0 radical (unpaired) electrons. The van der Waals surface area contributed by atoms with Crippen LogP contribution in [0.1, 0.15) is 35.7 Å². The molecule has 1 aromatic rings. The molecule has 0 spiro atoms. The first kappa shape index (κ1) is 15.9. The zero-order chi connectivity index (χ0) is 15.3. The van der Waals surface area contributed by atoms with Crippen molar-refractivity contribution < 1.29 is 14.0 Å². The van der Waals surface area contributed by atoms with Gasteiger partial charge in [-0.25, -0.2) is 4.39 Å². The number of rotatable bonds is 6. The second kappa shape index (κ2) is 6.88. The minimum Gasteiger partial charge on any atom is -0.398 e. The molecule has 0 aliphatic heterocycles. The number of carbonyl (C=O) groups is 2. The standard InChI is InChI=1S/C14H20FN3O2/c1-3-4-5-18(8-13(17)19)14(20)10-6-11(15)9(2)12(16)7-10/h6-7H,3-5,8,16H2,1-2H3,(H2,17,19). The molecule has 1 rings (SSSR count). The molecule has 0 heterocycles. The average Bonchev–Trinajstić information content (AvgIpc) is 2.39. The average molecular weight is 281 g/mol. The lowest BCUT2D eigenvalue weighted by Crippen LogP contribution is -2.39. The lowest BCUT2D eigenvalue weighted by atomic mass is 10.1. The highest BCUT2D eigenvalue weighted by atomic mass is 19.1. The number of unbranched alkanes of at least 4 members (excludes halogenated alkanes) is 1. The number of halogens is 1. The number of benzene rings is 1. The van der Waals surface area contributed by atoms with Gasteiger partial charge >= 0.3 is 0 Å². The number of primary amides is 1. The Bertz CT molecular complexity index is 494. The lowest BCUT2D eigenvalue weighted by Gasteiger charge is -2.21. The molecule has 4 N–H and O–H groups in total. The van der Waals surface area contributed by atoms with Gasteiger partial charge in [-0.15, -0.1) is 0 Å². The molecule has 20 heavy (non-hydrogen) atoms. The minimum atomic E-state index is -0.602. The van der Waals surface area contributed by atoms with E-state index in [1.165, 1.54) is 17.9 Å². The van der Waals surface area contributed by atoms with Gasteiger partial charge in [0.2, 0.25) is 5.91 Å². The summed E-state index contributed by atoms with van der Waals surface area (Å²) in [5.74, 6) is -1.58. The Hall–Kier alpha value is -2.11. The third-order valence-corrected chi connectivity index (χ3v) is 3.05. The molecule has 0 aliphatic rings. The Morgan fingerprint density at radius 3 is 2.50 bits per heavy atom. The Kier molecular flexibility index (Phi) is 5.49. The summed E-state index contributed by atoms with van der Waals surface area (Å²) in [5, 5.41) is 0. The zero-order valence-electron chi connectivity index (χ0n) is 11.8. The maximum atomic E-state index is 13.6. The van der Waals surface area contributed by atoms with Gasteiger partial charge in [0, 0.05) is 23.4 Å². The van der Waals surface area contributed by atoms with Crippen LogP contribution in [0.15, 0.2) is 12.1 Å². The summed E-state index contributed by atoms with van der Waals surface area (Å²) in [6, 6.07) is 2.55. The molecule has 0 unspecified atom stereocenters. The van der Waals surface area contributed by atoms with E-state index in [4.69, 9.17) is 11.5 Å². The highest BCUT2D eigenvalue weighted by molar-refractivity contribution is 5.97. The van der Waals surface area contributed by atoms with Crippen LogP contribution in [0.25, 0.3) is 0 Å². The first-order chi connectivity index (χ1) is 9.36. The Balaban J connectivity index is 3.01. The van der Waals surface area contributed by atoms with Crippen molar-refractivity contribution in [2.24, 2.45) is 5.73 Å². The number of nitrogens with zero attached hydrogens (tertiary/aromatic N) is 1. The van der Waals surface area contributed by atoms with Gasteiger partial charge in [-0.3, -0.25) is 9.59 Å². The van der Waals surface area contributed by atoms with Gasteiger partial charge < -0.3 is 16.4 Å². The van der Waals surface area contributed by atoms with Crippen LogP contribution in [0, 0.1) is 12.7 Å². The molecule has 0 bridgehead atoms. The molecular weight excluding hydrogens is 261 g/mol. The Morgan fingerprint density at radius 1 is 1.35 bits per heavy atom. The summed E-state index contributed by atoms with van der Waals surface area (Å²) in [5.41, 5.74) is 11.4.